The van der Waals surface area contributed by atoms with Gasteiger partial charge in [-0.25, -0.2) is 8.42 Å². The summed E-state index contributed by atoms with van der Waals surface area (Å²) in [5.41, 5.74) is 0.223. The summed E-state index contributed by atoms with van der Waals surface area (Å²) in [5, 5.41) is 11.0. The van der Waals surface area contributed by atoms with E-state index in [9.17, 15) is 13.2 Å². The molecule has 1 amide bonds. The van der Waals surface area contributed by atoms with Gasteiger partial charge in [0.05, 0.1) is 21.8 Å². The van der Waals surface area contributed by atoms with Crippen molar-refractivity contribution in [2.24, 2.45) is 0 Å². The van der Waals surface area contributed by atoms with Crippen LogP contribution < -0.4 is 5.32 Å². The summed E-state index contributed by atoms with van der Waals surface area (Å²) in [6, 6.07) is 6.07. The Morgan fingerprint density at radius 2 is 2.06 bits per heavy atom. The Labute approximate surface area is 114 Å². The van der Waals surface area contributed by atoms with Crippen LogP contribution in [0.1, 0.15) is 0 Å². The number of halogens is 2. The highest BCUT2D eigenvalue weighted by Gasteiger charge is 2.17. The van der Waals surface area contributed by atoms with Gasteiger partial charge in [0.25, 0.3) is 0 Å². The maximum absolute atomic E-state index is 11.5. The number of amides is 1. The summed E-state index contributed by atoms with van der Waals surface area (Å²) in [6.45, 7) is 0. The van der Waals surface area contributed by atoms with Crippen molar-refractivity contribution in [3.8, 4) is 6.07 Å². The lowest BCUT2D eigenvalue weighted by molar-refractivity contribution is -0.113. The van der Waals surface area contributed by atoms with Crippen molar-refractivity contribution in [2.45, 2.75) is 0 Å². The second kappa shape index (κ2) is 6.05. The van der Waals surface area contributed by atoms with E-state index in [0.29, 0.717) is 0 Å². The smallest absolute Gasteiger partial charge is 0.239 e. The molecule has 0 saturated heterocycles. The highest BCUT2D eigenvalue weighted by molar-refractivity contribution is 7.92. The fraction of sp³-hybridized carbons (Fsp3) is 0.200. The Morgan fingerprint density at radius 3 is 2.67 bits per heavy atom. The monoisotopic (exact) mass is 306 g/mol. The molecule has 96 valence electrons. The average Bonchev–Trinajstić information content (AvgIpc) is 2.23. The molecule has 0 saturated carbocycles. The highest BCUT2D eigenvalue weighted by Crippen LogP contribution is 2.29. The van der Waals surface area contributed by atoms with Crippen molar-refractivity contribution < 1.29 is 13.2 Å². The third-order valence-corrected chi connectivity index (χ3v) is 3.95. The SMILES string of the molecule is N#CCS(=O)(=O)CC(=O)Nc1cccc(Cl)c1Cl. The fourth-order valence-electron chi connectivity index (χ4n) is 1.14. The molecule has 0 unspecified atom stereocenters. The van der Waals surface area contributed by atoms with Gasteiger partial charge in [0.1, 0.15) is 11.5 Å². The van der Waals surface area contributed by atoms with Crippen molar-refractivity contribution in [3.05, 3.63) is 28.2 Å². The first kappa shape index (κ1) is 14.8. The zero-order valence-electron chi connectivity index (χ0n) is 8.98. The molecule has 0 bridgehead atoms. The Bertz CT molecular complexity index is 608. The van der Waals surface area contributed by atoms with Gasteiger partial charge in [-0.15, -0.1) is 0 Å². The normalized spacial score (nSPS) is 10.7. The molecule has 0 aliphatic carbocycles. The third-order valence-electron chi connectivity index (χ3n) is 1.86. The van der Waals surface area contributed by atoms with Gasteiger partial charge in [-0.2, -0.15) is 5.26 Å². The molecule has 5 nitrogen and oxygen atoms in total. The van der Waals surface area contributed by atoms with Crippen LogP contribution in [0.3, 0.4) is 0 Å². The van der Waals surface area contributed by atoms with Gasteiger partial charge in [-0.05, 0) is 12.1 Å². The van der Waals surface area contributed by atoms with E-state index in [1.54, 1.807) is 6.07 Å². The summed E-state index contributed by atoms with van der Waals surface area (Å²) < 4.78 is 22.5. The van der Waals surface area contributed by atoms with Gasteiger partial charge in [0, 0.05) is 0 Å². The molecule has 0 fully saturated rings. The van der Waals surface area contributed by atoms with Gasteiger partial charge < -0.3 is 5.32 Å². The van der Waals surface area contributed by atoms with E-state index in [1.165, 1.54) is 18.2 Å². The van der Waals surface area contributed by atoms with E-state index in [2.05, 4.69) is 5.32 Å². The molecule has 8 heteroatoms. The van der Waals surface area contributed by atoms with Crippen LogP contribution in [0.5, 0.6) is 0 Å². The molecule has 0 radical (unpaired) electrons. The zero-order chi connectivity index (χ0) is 13.8. The number of carbonyl (C=O) groups is 1. The lowest BCUT2D eigenvalue weighted by atomic mass is 10.3. The topological polar surface area (TPSA) is 87.0 Å². The second-order valence-corrected chi connectivity index (χ2v) is 6.19. The number of nitriles is 1. The number of carbonyl (C=O) groups excluding carboxylic acids is 1. The van der Waals surface area contributed by atoms with Crippen LogP contribution in [-0.4, -0.2) is 25.8 Å². The minimum atomic E-state index is -3.72. The lowest BCUT2D eigenvalue weighted by Gasteiger charge is -2.07. The molecule has 18 heavy (non-hydrogen) atoms. The highest BCUT2D eigenvalue weighted by atomic mass is 35.5. The fourth-order valence-corrected chi connectivity index (χ4v) is 2.25. The Balaban J connectivity index is 2.78. The summed E-state index contributed by atoms with van der Waals surface area (Å²) in [5.74, 6) is -2.25. The van der Waals surface area contributed by atoms with Crippen LogP contribution in [0.4, 0.5) is 5.69 Å². The van der Waals surface area contributed by atoms with Crippen molar-refractivity contribution in [1.82, 2.24) is 0 Å². The van der Waals surface area contributed by atoms with Gasteiger partial charge in [-0.3, -0.25) is 4.79 Å². The first-order valence-corrected chi connectivity index (χ1v) is 7.24. The average molecular weight is 307 g/mol. The Kier molecular flexibility index (Phi) is 4.96. The molecule has 0 heterocycles. The van der Waals surface area contributed by atoms with Crippen molar-refractivity contribution in [3.63, 3.8) is 0 Å². The number of hydrogen-bond acceptors (Lipinski definition) is 4. The Hall–Kier alpha value is -1.29. The van der Waals surface area contributed by atoms with E-state index in [4.69, 9.17) is 28.5 Å². The molecule has 1 aromatic rings. The minimum absolute atomic E-state index is 0.130. The number of nitrogens with one attached hydrogen (secondary N) is 1. The van der Waals surface area contributed by atoms with E-state index in [1.807, 2.05) is 0 Å². The van der Waals surface area contributed by atoms with Gasteiger partial charge in [-0.1, -0.05) is 29.3 Å². The molecule has 0 atom stereocenters. The van der Waals surface area contributed by atoms with Gasteiger partial charge in [0.15, 0.2) is 9.84 Å². The number of rotatable bonds is 4. The number of hydrogen-bond donors (Lipinski definition) is 1. The maximum atomic E-state index is 11.5. The van der Waals surface area contributed by atoms with Crippen LogP contribution in [0, 0.1) is 11.3 Å². The molecule has 0 aliphatic rings. The number of benzene rings is 1. The van der Waals surface area contributed by atoms with E-state index in [0.717, 1.165) is 0 Å². The van der Waals surface area contributed by atoms with Crippen molar-refractivity contribution >= 4 is 44.6 Å². The van der Waals surface area contributed by atoms with Crippen LogP contribution in [0.25, 0.3) is 0 Å². The number of nitrogens with zero attached hydrogens (tertiary/aromatic N) is 1. The van der Waals surface area contributed by atoms with E-state index in [-0.39, 0.29) is 15.7 Å². The second-order valence-electron chi connectivity index (χ2n) is 3.34. The standard InChI is InChI=1S/C10H8Cl2N2O3S/c11-7-2-1-3-8(10(7)12)14-9(15)6-18(16,17)5-4-13/h1-3H,5-6H2,(H,14,15). The van der Waals surface area contributed by atoms with E-state index < -0.39 is 27.3 Å². The molecule has 1 aromatic carbocycles. The molecular weight excluding hydrogens is 299 g/mol. The van der Waals surface area contributed by atoms with E-state index >= 15 is 0 Å². The van der Waals surface area contributed by atoms with Crippen molar-refractivity contribution in [1.29, 1.82) is 5.26 Å². The molecule has 0 spiro atoms. The van der Waals surface area contributed by atoms with Crippen LogP contribution in [0.2, 0.25) is 10.0 Å². The van der Waals surface area contributed by atoms with Crippen LogP contribution in [0.15, 0.2) is 18.2 Å². The van der Waals surface area contributed by atoms with Crippen molar-refractivity contribution in [2.75, 3.05) is 16.8 Å². The first-order valence-electron chi connectivity index (χ1n) is 4.67. The summed E-state index contributed by atoms with van der Waals surface area (Å²) in [6.07, 6.45) is 0. The quantitative estimate of drug-likeness (QED) is 0.920. The van der Waals surface area contributed by atoms with Crippen LogP contribution in [-0.2, 0) is 14.6 Å². The molecule has 1 rings (SSSR count). The summed E-state index contributed by atoms with van der Waals surface area (Å²) >= 11 is 11.6. The molecule has 1 N–H and O–H groups in total. The zero-order valence-corrected chi connectivity index (χ0v) is 11.3. The van der Waals surface area contributed by atoms with Crippen LogP contribution >= 0.6 is 23.2 Å². The molecular formula is C10H8Cl2N2O3S. The number of sulfone groups is 1. The Morgan fingerprint density at radius 1 is 1.39 bits per heavy atom. The predicted octanol–water partition coefficient (Wildman–Crippen LogP) is 1.87. The predicted molar refractivity (Wildman–Crippen MR) is 69.4 cm³/mol. The molecule has 0 aliphatic heterocycles. The third kappa shape index (κ3) is 4.18. The largest absolute Gasteiger partial charge is 0.324 e. The summed E-state index contributed by atoms with van der Waals surface area (Å²) in [4.78, 5) is 11.5. The minimum Gasteiger partial charge on any atom is -0.324 e. The lowest BCUT2D eigenvalue weighted by Crippen LogP contribution is -2.24. The van der Waals surface area contributed by atoms with Gasteiger partial charge in [0.2, 0.25) is 5.91 Å². The maximum Gasteiger partial charge on any atom is 0.239 e. The summed E-state index contributed by atoms with van der Waals surface area (Å²) in [7, 11) is -3.72. The molecule has 0 aromatic heterocycles. The van der Waals surface area contributed by atoms with Gasteiger partial charge >= 0.3 is 0 Å². The number of anilines is 1. The first-order chi connectivity index (χ1) is 8.35.